The number of amides is 2. The highest BCUT2D eigenvalue weighted by Crippen LogP contribution is 2.16. The van der Waals surface area contributed by atoms with Gasteiger partial charge in [0.2, 0.25) is 11.8 Å². The molecule has 0 aliphatic rings. The molecule has 0 spiro atoms. The van der Waals surface area contributed by atoms with E-state index in [9.17, 15) is 14.4 Å². The number of hydrogen-bond donors (Lipinski definition) is 1. The minimum Gasteiger partial charge on any atom is -0.462 e. The number of anilines is 1. The molecule has 0 aliphatic carbocycles. The number of esters is 1. The molecule has 0 bridgehead atoms. The Labute approximate surface area is 136 Å². The van der Waals surface area contributed by atoms with E-state index in [0.29, 0.717) is 37.4 Å². The number of rotatable bonds is 8. The van der Waals surface area contributed by atoms with Gasteiger partial charge in [-0.15, -0.1) is 0 Å². The van der Waals surface area contributed by atoms with Crippen LogP contribution in [0.3, 0.4) is 0 Å². The lowest BCUT2D eigenvalue weighted by Crippen LogP contribution is -2.37. The number of nitrogens with zero attached hydrogens (tertiary/aromatic N) is 1. The molecular formula is C17H24N2O4. The van der Waals surface area contributed by atoms with Crippen LogP contribution in [0.4, 0.5) is 5.69 Å². The van der Waals surface area contributed by atoms with E-state index in [4.69, 9.17) is 4.74 Å². The third-order valence-electron chi connectivity index (χ3n) is 3.20. The Morgan fingerprint density at radius 3 is 2.30 bits per heavy atom. The summed E-state index contributed by atoms with van der Waals surface area (Å²) in [5.41, 5.74) is 1.12. The van der Waals surface area contributed by atoms with Gasteiger partial charge >= 0.3 is 5.97 Å². The summed E-state index contributed by atoms with van der Waals surface area (Å²) in [7, 11) is 0. The first kappa shape index (κ1) is 18.7. The van der Waals surface area contributed by atoms with Gasteiger partial charge in [0.25, 0.3) is 0 Å². The summed E-state index contributed by atoms with van der Waals surface area (Å²) in [6.07, 6.45) is 1.27. The van der Waals surface area contributed by atoms with E-state index in [1.807, 2.05) is 6.92 Å². The average Bonchev–Trinajstić information content (AvgIpc) is 2.52. The molecule has 1 rings (SSSR count). The van der Waals surface area contributed by atoms with Crippen molar-refractivity contribution in [1.82, 2.24) is 5.32 Å². The molecule has 23 heavy (non-hydrogen) atoms. The Morgan fingerprint density at radius 2 is 1.78 bits per heavy atom. The lowest BCUT2D eigenvalue weighted by atomic mass is 10.2. The molecular weight excluding hydrogens is 296 g/mol. The second-order valence-corrected chi connectivity index (χ2v) is 5.04. The maximum Gasteiger partial charge on any atom is 0.338 e. The third-order valence-corrected chi connectivity index (χ3v) is 3.20. The quantitative estimate of drug-likeness (QED) is 0.745. The molecule has 0 aliphatic heterocycles. The van der Waals surface area contributed by atoms with Crippen LogP contribution in [0.5, 0.6) is 0 Å². The lowest BCUT2D eigenvalue weighted by Gasteiger charge is -2.21. The topological polar surface area (TPSA) is 75.7 Å². The van der Waals surface area contributed by atoms with Crippen molar-refractivity contribution in [3.05, 3.63) is 29.8 Å². The Hall–Kier alpha value is -2.37. The van der Waals surface area contributed by atoms with Gasteiger partial charge in [-0.25, -0.2) is 4.79 Å². The summed E-state index contributed by atoms with van der Waals surface area (Å²) in [5, 5.41) is 2.78. The molecule has 6 heteroatoms. The van der Waals surface area contributed by atoms with Gasteiger partial charge in [-0.1, -0.05) is 6.92 Å². The first-order valence-electron chi connectivity index (χ1n) is 7.81. The van der Waals surface area contributed by atoms with Gasteiger partial charge in [-0.05, 0) is 37.6 Å². The van der Waals surface area contributed by atoms with Crippen LogP contribution in [-0.2, 0) is 14.3 Å². The molecule has 0 fully saturated rings. The summed E-state index contributed by atoms with van der Waals surface area (Å²) < 4.78 is 4.92. The Kier molecular flexibility index (Phi) is 7.80. The van der Waals surface area contributed by atoms with Crippen LogP contribution in [0.15, 0.2) is 24.3 Å². The zero-order valence-electron chi connectivity index (χ0n) is 13.9. The SMILES string of the molecule is CCCC(=O)NCCN(C(C)=O)c1ccc(C(=O)OCC)cc1. The van der Waals surface area contributed by atoms with Crippen molar-refractivity contribution < 1.29 is 19.1 Å². The van der Waals surface area contributed by atoms with Crippen LogP contribution in [0.1, 0.15) is 44.0 Å². The van der Waals surface area contributed by atoms with Crippen LogP contribution in [0, 0.1) is 0 Å². The minimum absolute atomic E-state index is 0.0198. The highest BCUT2D eigenvalue weighted by molar-refractivity contribution is 5.93. The van der Waals surface area contributed by atoms with Crippen molar-refractivity contribution in [2.45, 2.75) is 33.6 Å². The molecule has 0 saturated heterocycles. The summed E-state index contributed by atoms with van der Waals surface area (Å²) in [4.78, 5) is 36.4. The number of nitrogens with one attached hydrogen (secondary N) is 1. The fourth-order valence-corrected chi connectivity index (χ4v) is 2.08. The van der Waals surface area contributed by atoms with Crippen molar-refractivity contribution in [2.24, 2.45) is 0 Å². The Balaban J connectivity index is 2.68. The first-order chi connectivity index (χ1) is 11.0. The Morgan fingerprint density at radius 1 is 1.13 bits per heavy atom. The zero-order chi connectivity index (χ0) is 17.2. The second-order valence-electron chi connectivity index (χ2n) is 5.04. The first-order valence-corrected chi connectivity index (χ1v) is 7.81. The van der Waals surface area contributed by atoms with Gasteiger partial charge in [-0.2, -0.15) is 0 Å². The summed E-state index contributed by atoms with van der Waals surface area (Å²) >= 11 is 0. The van der Waals surface area contributed by atoms with Gasteiger partial charge < -0.3 is 15.0 Å². The molecule has 0 aromatic heterocycles. The summed E-state index contributed by atoms with van der Waals surface area (Å²) in [6.45, 7) is 6.23. The number of ether oxygens (including phenoxy) is 1. The summed E-state index contributed by atoms with van der Waals surface area (Å²) in [6, 6.07) is 6.64. The minimum atomic E-state index is -0.389. The molecule has 1 N–H and O–H groups in total. The second kappa shape index (κ2) is 9.61. The predicted octanol–water partition coefficient (Wildman–Crippen LogP) is 2.13. The Bertz CT molecular complexity index is 540. The number of hydrogen-bond acceptors (Lipinski definition) is 4. The molecule has 0 saturated carbocycles. The van der Waals surface area contributed by atoms with Gasteiger partial charge in [0, 0.05) is 32.1 Å². The number of carbonyl (C=O) groups is 3. The highest BCUT2D eigenvalue weighted by atomic mass is 16.5. The fourth-order valence-electron chi connectivity index (χ4n) is 2.08. The molecule has 0 heterocycles. The molecule has 6 nitrogen and oxygen atoms in total. The molecule has 1 aromatic rings. The van der Waals surface area contributed by atoms with Gasteiger partial charge in [0.15, 0.2) is 0 Å². The summed E-state index contributed by atoms with van der Waals surface area (Å²) in [5.74, 6) is -0.535. The van der Waals surface area contributed by atoms with Crippen molar-refractivity contribution in [3.8, 4) is 0 Å². The standard InChI is InChI=1S/C17H24N2O4/c1-4-6-16(21)18-11-12-19(13(3)20)15-9-7-14(8-10-15)17(22)23-5-2/h7-10H,4-6,11-12H2,1-3H3,(H,18,21). The predicted molar refractivity (Wildman–Crippen MR) is 88.3 cm³/mol. The highest BCUT2D eigenvalue weighted by Gasteiger charge is 2.13. The van der Waals surface area contributed by atoms with E-state index in [2.05, 4.69) is 5.32 Å². The zero-order valence-corrected chi connectivity index (χ0v) is 13.9. The van der Waals surface area contributed by atoms with Crippen LogP contribution in [0.25, 0.3) is 0 Å². The van der Waals surface area contributed by atoms with E-state index < -0.39 is 0 Å². The van der Waals surface area contributed by atoms with Gasteiger partial charge in [0.1, 0.15) is 0 Å². The molecule has 1 aromatic carbocycles. The van der Waals surface area contributed by atoms with Crippen molar-refractivity contribution in [1.29, 1.82) is 0 Å². The van der Waals surface area contributed by atoms with Crippen molar-refractivity contribution in [3.63, 3.8) is 0 Å². The fraction of sp³-hybridized carbons (Fsp3) is 0.471. The maximum absolute atomic E-state index is 11.8. The van der Waals surface area contributed by atoms with Gasteiger partial charge in [-0.3, -0.25) is 9.59 Å². The molecule has 0 unspecified atom stereocenters. The molecule has 0 radical (unpaired) electrons. The lowest BCUT2D eigenvalue weighted by molar-refractivity contribution is -0.121. The van der Waals surface area contributed by atoms with E-state index >= 15 is 0 Å². The monoisotopic (exact) mass is 320 g/mol. The van der Waals surface area contributed by atoms with Crippen molar-refractivity contribution in [2.75, 3.05) is 24.6 Å². The van der Waals surface area contributed by atoms with Crippen LogP contribution >= 0.6 is 0 Å². The van der Waals surface area contributed by atoms with Crippen LogP contribution < -0.4 is 10.2 Å². The largest absolute Gasteiger partial charge is 0.462 e. The van der Waals surface area contributed by atoms with Gasteiger partial charge in [0.05, 0.1) is 12.2 Å². The number of benzene rings is 1. The average molecular weight is 320 g/mol. The number of carbonyl (C=O) groups excluding carboxylic acids is 3. The molecule has 126 valence electrons. The maximum atomic E-state index is 11.8. The van der Waals surface area contributed by atoms with E-state index in [0.717, 1.165) is 6.42 Å². The molecule has 2 amide bonds. The van der Waals surface area contributed by atoms with Crippen LogP contribution in [-0.4, -0.2) is 37.5 Å². The normalized spacial score (nSPS) is 10.0. The van der Waals surface area contributed by atoms with E-state index in [-0.39, 0.29) is 17.8 Å². The van der Waals surface area contributed by atoms with E-state index in [1.54, 1.807) is 36.1 Å². The smallest absolute Gasteiger partial charge is 0.338 e. The molecule has 0 atom stereocenters. The van der Waals surface area contributed by atoms with Crippen LogP contribution in [0.2, 0.25) is 0 Å². The third kappa shape index (κ3) is 6.10. The van der Waals surface area contributed by atoms with Crippen molar-refractivity contribution >= 4 is 23.5 Å². The van der Waals surface area contributed by atoms with E-state index in [1.165, 1.54) is 6.92 Å².